The Hall–Kier alpha value is -2.38. The number of carboxylic acid groups (broad SMARTS) is 1. The molecule has 7 heteroatoms. The van der Waals surface area contributed by atoms with Crippen molar-refractivity contribution in [2.45, 2.75) is 6.04 Å². The topological polar surface area (TPSA) is 98.7 Å². The largest absolute Gasteiger partial charge is 0.478 e. The standard InChI is InChI=1S/C14H14N2O4S/c17-8-11(9-4-2-1-3-5-9)15-14(20)16-12-10(13(18)19)6-7-21-12/h1-7,11,17H,8H2,(H,18,19)(H2,15,16,20). The van der Waals surface area contributed by atoms with E-state index in [0.717, 1.165) is 16.9 Å². The number of amides is 2. The third-order valence-corrected chi connectivity index (χ3v) is 3.64. The van der Waals surface area contributed by atoms with Crippen molar-refractivity contribution in [2.75, 3.05) is 11.9 Å². The fourth-order valence-electron chi connectivity index (χ4n) is 1.79. The molecule has 0 spiro atoms. The summed E-state index contributed by atoms with van der Waals surface area (Å²) in [5, 5.41) is 25.3. The Morgan fingerprint density at radius 2 is 1.90 bits per heavy atom. The van der Waals surface area contributed by atoms with E-state index < -0.39 is 18.0 Å². The van der Waals surface area contributed by atoms with Crippen LogP contribution in [-0.2, 0) is 0 Å². The summed E-state index contributed by atoms with van der Waals surface area (Å²) in [6, 6.07) is 9.32. The second-order valence-electron chi connectivity index (χ2n) is 4.21. The number of rotatable bonds is 5. The molecule has 110 valence electrons. The number of carbonyl (C=O) groups excluding carboxylic acids is 1. The Morgan fingerprint density at radius 1 is 1.19 bits per heavy atom. The molecule has 1 unspecified atom stereocenters. The number of aliphatic hydroxyl groups is 1. The molecule has 0 fully saturated rings. The molecule has 2 rings (SSSR count). The summed E-state index contributed by atoms with van der Waals surface area (Å²) in [7, 11) is 0. The number of hydrogen-bond acceptors (Lipinski definition) is 4. The number of urea groups is 1. The first kappa shape index (κ1) is 15.0. The van der Waals surface area contributed by atoms with Crippen molar-refractivity contribution in [1.82, 2.24) is 5.32 Å². The van der Waals surface area contributed by atoms with Crippen LogP contribution in [0.1, 0.15) is 22.0 Å². The molecule has 0 aliphatic heterocycles. The highest BCUT2D eigenvalue weighted by Crippen LogP contribution is 2.23. The highest BCUT2D eigenvalue weighted by atomic mass is 32.1. The van der Waals surface area contributed by atoms with Crippen LogP contribution in [0.5, 0.6) is 0 Å². The molecule has 21 heavy (non-hydrogen) atoms. The van der Waals surface area contributed by atoms with E-state index >= 15 is 0 Å². The first-order chi connectivity index (χ1) is 10.1. The molecule has 0 bridgehead atoms. The van der Waals surface area contributed by atoms with E-state index in [0.29, 0.717) is 0 Å². The van der Waals surface area contributed by atoms with Gasteiger partial charge in [0.25, 0.3) is 0 Å². The van der Waals surface area contributed by atoms with Crippen LogP contribution < -0.4 is 10.6 Å². The molecule has 0 radical (unpaired) electrons. The van der Waals surface area contributed by atoms with Crippen molar-refractivity contribution in [1.29, 1.82) is 0 Å². The van der Waals surface area contributed by atoms with Crippen molar-refractivity contribution in [3.05, 3.63) is 52.9 Å². The average Bonchev–Trinajstić information content (AvgIpc) is 2.94. The Bertz CT molecular complexity index is 627. The van der Waals surface area contributed by atoms with Gasteiger partial charge in [-0.25, -0.2) is 9.59 Å². The quantitative estimate of drug-likeness (QED) is 0.681. The maximum absolute atomic E-state index is 11.9. The Kier molecular flexibility index (Phi) is 4.91. The van der Waals surface area contributed by atoms with Gasteiger partial charge >= 0.3 is 12.0 Å². The molecular weight excluding hydrogens is 292 g/mol. The van der Waals surface area contributed by atoms with Gasteiger partial charge in [-0.15, -0.1) is 11.3 Å². The van der Waals surface area contributed by atoms with Gasteiger partial charge in [-0.05, 0) is 17.0 Å². The number of nitrogens with one attached hydrogen (secondary N) is 2. The van der Waals surface area contributed by atoms with Crippen LogP contribution in [0.25, 0.3) is 0 Å². The molecule has 1 heterocycles. The predicted octanol–water partition coefficient (Wildman–Crippen LogP) is 2.30. The number of benzene rings is 1. The van der Waals surface area contributed by atoms with Gasteiger partial charge in [0.1, 0.15) is 5.00 Å². The van der Waals surface area contributed by atoms with Gasteiger partial charge in [0.2, 0.25) is 0 Å². The maximum Gasteiger partial charge on any atom is 0.338 e. The molecule has 1 aromatic heterocycles. The summed E-state index contributed by atoms with van der Waals surface area (Å²) in [5.41, 5.74) is 0.801. The number of thiophene rings is 1. The number of carbonyl (C=O) groups is 2. The molecule has 0 saturated heterocycles. The fraction of sp³-hybridized carbons (Fsp3) is 0.143. The summed E-state index contributed by atoms with van der Waals surface area (Å²) in [6.45, 7) is -0.256. The van der Waals surface area contributed by atoms with Gasteiger partial charge in [0.15, 0.2) is 0 Å². The molecule has 0 saturated carbocycles. The van der Waals surface area contributed by atoms with Crippen LogP contribution in [0.4, 0.5) is 9.80 Å². The molecular formula is C14H14N2O4S. The lowest BCUT2D eigenvalue weighted by atomic mass is 10.1. The molecule has 2 aromatic rings. The van der Waals surface area contributed by atoms with E-state index in [-0.39, 0.29) is 17.2 Å². The maximum atomic E-state index is 11.9. The van der Waals surface area contributed by atoms with E-state index in [2.05, 4.69) is 10.6 Å². The van der Waals surface area contributed by atoms with Gasteiger partial charge in [-0.3, -0.25) is 5.32 Å². The minimum atomic E-state index is -1.10. The van der Waals surface area contributed by atoms with Crippen molar-refractivity contribution in [2.24, 2.45) is 0 Å². The lowest BCUT2D eigenvalue weighted by Gasteiger charge is -2.17. The average molecular weight is 306 g/mol. The molecule has 1 atom stereocenters. The third kappa shape index (κ3) is 3.80. The van der Waals surface area contributed by atoms with Gasteiger partial charge in [-0.1, -0.05) is 30.3 Å². The van der Waals surface area contributed by atoms with Crippen LogP contribution in [0.15, 0.2) is 41.8 Å². The minimum Gasteiger partial charge on any atom is -0.478 e. The highest BCUT2D eigenvalue weighted by Gasteiger charge is 2.17. The van der Waals surface area contributed by atoms with Gasteiger partial charge < -0.3 is 15.5 Å². The Balaban J connectivity index is 2.04. The van der Waals surface area contributed by atoms with E-state index in [1.807, 2.05) is 6.07 Å². The van der Waals surface area contributed by atoms with Gasteiger partial charge in [-0.2, -0.15) is 0 Å². The van der Waals surface area contributed by atoms with Crippen LogP contribution in [0, 0.1) is 0 Å². The van der Waals surface area contributed by atoms with Crippen molar-refractivity contribution in [3.8, 4) is 0 Å². The van der Waals surface area contributed by atoms with Gasteiger partial charge in [0.05, 0.1) is 18.2 Å². The summed E-state index contributed by atoms with van der Waals surface area (Å²) < 4.78 is 0. The molecule has 0 aliphatic rings. The van der Waals surface area contributed by atoms with Crippen molar-refractivity contribution in [3.63, 3.8) is 0 Å². The second-order valence-corrected chi connectivity index (χ2v) is 5.13. The number of aromatic carboxylic acids is 1. The van der Waals surface area contributed by atoms with Crippen LogP contribution >= 0.6 is 11.3 Å². The molecule has 0 aliphatic carbocycles. The van der Waals surface area contributed by atoms with Crippen molar-refractivity contribution >= 4 is 28.3 Å². The number of hydrogen-bond donors (Lipinski definition) is 4. The summed E-state index contributed by atoms with van der Waals surface area (Å²) in [6.07, 6.45) is 0. The van der Waals surface area contributed by atoms with Crippen LogP contribution in [0.2, 0.25) is 0 Å². The van der Waals surface area contributed by atoms with Gasteiger partial charge in [0, 0.05) is 0 Å². The summed E-state index contributed by atoms with van der Waals surface area (Å²) in [4.78, 5) is 22.9. The molecule has 6 nitrogen and oxygen atoms in total. The zero-order valence-corrected chi connectivity index (χ0v) is 11.8. The lowest BCUT2D eigenvalue weighted by molar-refractivity contribution is 0.0698. The zero-order valence-electron chi connectivity index (χ0n) is 10.9. The number of carboxylic acids is 1. The number of aliphatic hydroxyl groups excluding tert-OH is 1. The number of anilines is 1. The fourth-order valence-corrected chi connectivity index (χ4v) is 2.57. The van der Waals surface area contributed by atoms with E-state index in [1.165, 1.54) is 6.07 Å². The molecule has 4 N–H and O–H groups in total. The normalized spacial score (nSPS) is 11.7. The van der Waals surface area contributed by atoms with E-state index in [4.69, 9.17) is 5.11 Å². The summed E-state index contributed by atoms with van der Waals surface area (Å²) in [5.74, 6) is -1.10. The zero-order chi connectivity index (χ0) is 15.2. The van der Waals surface area contributed by atoms with Crippen LogP contribution in [0.3, 0.4) is 0 Å². The molecule has 1 aromatic carbocycles. The molecule has 2 amide bonds. The third-order valence-electron chi connectivity index (χ3n) is 2.81. The minimum absolute atomic E-state index is 0.0374. The SMILES string of the molecule is O=C(Nc1sccc1C(=O)O)NC(CO)c1ccccc1. The van der Waals surface area contributed by atoms with E-state index in [9.17, 15) is 14.7 Å². The Labute approximate surface area is 125 Å². The first-order valence-corrected chi connectivity index (χ1v) is 7.04. The second kappa shape index (κ2) is 6.87. The lowest BCUT2D eigenvalue weighted by Crippen LogP contribution is -2.34. The van der Waals surface area contributed by atoms with Crippen LogP contribution in [-0.4, -0.2) is 28.8 Å². The Morgan fingerprint density at radius 3 is 2.52 bits per heavy atom. The smallest absolute Gasteiger partial charge is 0.338 e. The monoisotopic (exact) mass is 306 g/mol. The first-order valence-electron chi connectivity index (χ1n) is 6.16. The summed E-state index contributed by atoms with van der Waals surface area (Å²) >= 11 is 1.12. The predicted molar refractivity (Wildman–Crippen MR) is 79.7 cm³/mol. The highest BCUT2D eigenvalue weighted by molar-refractivity contribution is 7.14. The van der Waals surface area contributed by atoms with Crippen molar-refractivity contribution < 1.29 is 19.8 Å². The van der Waals surface area contributed by atoms with E-state index in [1.54, 1.807) is 29.6 Å².